The van der Waals surface area contributed by atoms with Gasteiger partial charge in [0.2, 0.25) is 0 Å². The van der Waals surface area contributed by atoms with Crippen molar-refractivity contribution in [2.45, 2.75) is 38.6 Å². The lowest BCUT2D eigenvalue weighted by atomic mass is 10.2. The molecule has 76 valence electrons. The van der Waals surface area contributed by atoms with Crippen molar-refractivity contribution in [1.82, 2.24) is 0 Å². The summed E-state index contributed by atoms with van der Waals surface area (Å²) in [6.45, 7) is 4.29. The maximum absolute atomic E-state index is 10.8. The summed E-state index contributed by atoms with van der Waals surface area (Å²) in [6, 6.07) is 0. The molecule has 1 saturated heterocycles. The van der Waals surface area contributed by atoms with E-state index in [9.17, 15) is 4.79 Å². The molecule has 0 aliphatic carbocycles. The van der Waals surface area contributed by atoms with E-state index in [1.54, 1.807) is 0 Å². The zero-order valence-electron chi connectivity index (χ0n) is 8.33. The third-order valence-corrected chi connectivity index (χ3v) is 1.97. The van der Waals surface area contributed by atoms with Crippen molar-refractivity contribution >= 4 is 5.97 Å². The topological polar surface area (TPSA) is 44.8 Å². The Morgan fingerprint density at radius 2 is 2.31 bits per heavy atom. The van der Waals surface area contributed by atoms with Crippen LogP contribution >= 0.6 is 0 Å². The maximum Gasteiger partial charge on any atom is 0.305 e. The minimum absolute atomic E-state index is 0.0223. The minimum atomic E-state index is -0.499. The normalized spacial score (nSPS) is 25.9. The molecule has 4 nitrogen and oxygen atoms in total. The zero-order chi connectivity index (χ0) is 9.90. The van der Waals surface area contributed by atoms with Crippen LogP contribution in [0.3, 0.4) is 0 Å². The second-order valence-corrected chi connectivity index (χ2v) is 3.57. The number of rotatable bonds is 3. The number of esters is 1. The SMILES string of the molecule is COC(=O)CC[C@H]1COC(C)(C)O1. The van der Waals surface area contributed by atoms with Crippen LogP contribution in [0.25, 0.3) is 0 Å². The first-order valence-electron chi connectivity index (χ1n) is 4.42. The third-order valence-electron chi connectivity index (χ3n) is 1.97. The number of hydrogen-bond donors (Lipinski definition) is 0. The predicted octanol–water partition coefficient (Wildman–Crippen LogP) is 1.09. The Bertz CT molecular complexity index is 188. The van der Waals surface area contributed by atoms with Gasteiger partial charge in [0, 0.05) is 6.42 Å². The van der Waals surface area contributed by atoms with Gasteiger partial charge < -0.3 is 14.2 Å². The van der Waals surface area contributed by atoms with Crippen LogP contribution in [-0.4, -0.2) is 31.6 Å². The Labute approximate surface area is 78.2 Å². The molecule has 0 N–H and O–H groups in total. The molecule has 13 heavy (non-hydrogen) atoms. The maximum atomic E-state index is 10.8. The molecule has 0 amide bonds. The molecule has 0 aromatic heterocycles. The van der Waals surface area contributed by atoms with Crippen molar-refractivity contribution in [2.75, 3.05) is 13.7 Å². The molecular formula is C9H16O4. The van der Waals surface area contributed by atoms with Gasteiger partial charge in [0.15, 0.2) is 5.79 Å². The summed E-state index contributed by atoms with van der Waals surface area (Å²) in [4.78, 5) is 10.8. The summed E-state index contributed by atoms with van der Waals surface area (Å²) >= 11 is 0. The van der Waals surface area contributed by atoms with Gasteiger partial charge in [-0.05, 0) is 20.3 Å². The lowest BCUT2D eigenvalue weighted by Gasteiger charge is -2.16. The molecule has 1 heterocycles. The van der Waals surface area contributed by atoms with Gasteiger partial charge in [0.25, 0.3) is 0 Å². The van der Waals surface area contributed by atoms with E-state index in [1.165, 1.54) is 7.11 Å². The van der Waals surface area contributed by atoms with Crippen LogP contribution in [-0.2, 0) is 19.0 Å². The molecule has 4 heteroatoms. The molecule has 0 aromatic rings. The number of hydrogen-bond acceptors (Lipinski definition) is 4. The van der Waals surface area contributed by atoms with Crippen molar-refractivity contribution in [3.05, 3.63) is 0 Å². The fraction of sp³-hybridized carbons (Fsp3) is 0.889. The lowest BCUT2D eigenvalue weighted by molar-refractivity contribution is -0.146. The van der Waals surface area contributed by atoms with Crippen LogP contribution < -0.4 is 0 Å². The van der Waals surface area contributed by atoms with E-state index >= 15 is 0 Å². The van der Waals surface area contributed by atoms with E-state index < -0.39 is 5.79 Å². The summed E-state index contributed by atoms with van der Waals surface area (Å²) in [5.41, 5.74) is 0. The van der Waals surface area contributed by atoms with Crippen molar-refractivity contribution in [3.63, 3.8) is 0 Å². The fourth-order valence-corrected chi connectivity index (χ4v) is 1.29. The van der Waals surface area contributed by atoms with E-state index in [-0.39, 0.29) is 12.1 Å². The Hall–Kier alpha value is -0.610. The lowest BCUT2D eigenvalue weighted by Crippen LogP contribution is -2.21. The largest absolute Gasteiger partial charge is 0.469 e. The predicted molar refractivity (Wildman–Crippen MR) is 46.2 cm³/mol. The summed E-state index contributed by atoms with van der Waals surface area (Å²) in [5, 5.41) is 0. The van der Waals surface area contributed by atoms with Crippen molar-refractivity contribution in [3.8, 4) is 0 Å². The highest BCUT2D eigenvalue weighted by molar-refractivity contribution is 5.69. The highest BCUT2D eigenvalue weighted by Crippen LogP contribution is 2.24. The molecule has 1 fully saturated rings. The first-order chi connectivity index (χ1) is 6.03. The van der Waals surface area contributed by atoms with Gasteiger partial charge in [-0.3, -0.25) is 4.79 Å². The second kappa shape index (κ2) is 4.07. The van der Waals surface area contributed by atoms with E-state index in [1.807, 2.05) is 13.8 Å². The van der Waals surface area contributed by atoms with Crippen molar-refractivity contribution in [2.24, 2.45) is 0 Å². The van der Waals surface area contributed by atoms with Gasteiger partial charge in [-0.25, -0.2) is 0 Å². The zero-order valence-corrected chi connectivity index (χ0v) is 8.33. The van der Waals surface area contributed by atoms with Crippen LogP contribution in [0.2, 0.25) is 0 Å². The van der Waals surface area contributed by atoms with Gasteiger partial charge in [-0.15, -0.1) is 0 Å². The van der Waals surface area contributed by atoms with Gasteiger partial charge in [-0.2, -0.15) is 0 Å². The van der Waals surface area contributed by atoms with Gasteiger partial charge in [-0.1, -0.05) is 0 Å². The van der Waals surface area contributed by atoms with E-state index in [0.717, 1.165) is 0 Å². The fourth-order valence-electron chi connectivity index (χ4n) is 1.29. The summed E-state index contributed by atoms with van der Waals surface area (Å²) < 4.78 is 15.4. The Balaban J connectivity index is 2.21. The Kier molecular flexibility index (Phi) is 3.27. The Morgan fingerprint density at radius 1 is 1.62 bits per heavy atom. The van der Waals surface area contributed by atoms with Crippen LogP contribution in [0.5, 0.6) is 0 Å². The molecule has 1 rings (SSSR count). The van der Waals surface area contributed by atoms with Gasteiger partial charge >= 0.3 is 5.97 Å². The van der Waals surface area contributed by atoms with E-state index in [0.29, 0.717) is 19.4 Å². The molecule has 0 radical (unpaired) electrons. The molecule has 0 aromatic carbocycles. The highest BCUT2D eigenvalue weighted by atomic mass is 16.7. The first-order valence-corrected chi connectivity index (χ1v) is 4.42. The monoisotopic (exact) mass is 188 g/mol. The smallest absolute Gasteiger partial charge is 0.305 e. The first kappa shape index (κ1) is 10.5. The Morgan fingerprint density at radius 3 is 2.77 bits per heavy atom. The molecule has 0 spiro atoms. The average Bonchev–Trinajstić information content (AvgIpc) is 2.41. The minimum Gasteiger partial charge on any atom is -0.469 e. The van der Waals surface area contributed by atoms with Gasteiger partial charge in [0.05, 0.1) is 19.8 Å². The van der Waals surface area contributed by atoms with Crippen molar-refractivity contribution in [1.29, 1.82) is 0 Å². The van der Waals surface area contributed by atoms with E-state index in [4.69, 9.17) is 9.47 Å². The highest BCUT2D eigenvalue weighted by Gasteiger charge is 2.32. The van der Waals surface area contributed by atoms with Crippen molar-refractivity contribution < 1.29 is 19.0 Å². The van der Waals surface area contributed by atoms with Crippen LogP contribution in [0, 0.1) is 0 Å². The van der Waals surface area contributed by atoms with Gasteiger partial charge in [0.1, 0.15) is 0 Å². The molecule has 0 saturated carbocycles. The average molecular weight is 188 g/mol. The molecular weight excluding hydrogens is 172 g/mol. The third kappa shape index (κ3) is 3.32. The quantitative estimate of drug-likeness (QED) is 0.622. The summed E-state index contributed by atoms with van der Waals surface area (Å²) in [5.74, 6) is -0.700. The van der Waals surface area contributed by atoms with Crippen LogP contribution in [0.1, 0.15) is 26.7 Å². The van der Waals surface area contributed by atoms with E-state index in [2.05, 4.69) is 4.74 Å². The summed E-state index contributed by atoms with van der Waals surface area (Å²) in [6.07, 6.45) is 1.07. The molecule has 0 unspecified atom stereocenters. The van der Waals surface area contributed by atoms with Crippen LogP contribution in [0.4, 0.5) is 0 Å². The standard InChI is InChI=1S/C9H16O4/c1-9(2)12-6-7(13-9)4-5-8(10)11-3/h7H,4-6H2,1-3H3/t7-/m0/s1. The molecule has 1 aliphatic rings. The number of carbonyl (C=O) groups excluding carboxylic acids is 1. The number of carbonyl (C=O) groups is 1. The molecule has 1 aliphatic heterocycles. The number of methoxy groups -OCH3 is 1. The summed E-state index contributed by atoms with van der Waals surface area (Å²) in [7, 11) is 1.39. The number of ether oxygens (including phenoxy) is 3. The molecule has 1 atom stereocenters. The molecule has 0 bridgehead atoms. The second-order valence-electron chi connectivity index (χ2n) is 3.57. The van der Waals surface area contributed by atoms with Crippen LogP contribution in [0.15, 0.2) is 0 Å².